The van der Waals surface area contributed by atoms with E-state index in [0.717, 1.165) is 17.9 Å². The summed E-state index contributed by atoms with van der Waals surface area (Å²) in [4.78, 5) is 6.67. The van der Waals surface area contributed by atoms with Crippen molar-refractivity contribution >= 4 is 17.4 Å². The predicted molar refractivity (Wildman–Crippen MR) is 63.2 cm³/mol. The van der Waals surface area contributed by atoms with Gasteiger partial charge in [0.05, 0.1) is 5.02 Å². The zero-order chi connectivity index (χ0) is 10.8. The molecule has 2 rings (SSSR count). The number of aromatic nitrogens is 1. The Morgan fingerprint density at radius 1 is 1.67 bits per heavy atom. The van der Waals surface area contributed by atoms with Crippen LogP contribution >= 0.6 is 11.6 Å². The summed E-state index contributed by atoms with van der Waals surface area (Å²) >= 11 is 5.98. The van der Waals surface area contributed by atoms with Gasteiger partial charge in [-0.25, -0.2) is 4.98 Å². The van der Waals surface area contributed by atoms with Crippen molar-refractivity contribution in [3.05, 3.63) is 22.8 Å². The van der Waals surface area contributed by atoms with Gasteiger partial charge in [-0.1, -0.05) is 11.6 Å². The second-order valence-corrected chi connectivity index (χ2v) is 4.43. The first-order valence-electron chi connectivity index (χ1n) is 5.33. The van der Waals surface area contributed by atoms with E-state index < -0.39 is 0 Å². The van der Waals surface area contributed by atoms with Gasteiger partial charge in [0.25, 0.3) is 0 Å². The lowest BCUT2D eigenvalue weighted by molar-refractivity contribution is 0.726. The molecule has 0 bridgehead atoms. The normalized spacial score (nSPS) is 21.0. The molecule has 2 N–H and O–H groups in total. The number of halogens is 1. The lowest BCUT2D eigenvalue weighted by atomic mass is 10.2. The van der Waals surface area contributed by atoms with Crippen molar-refractivity contribution in [1.82, 2.24) is 4.98 Å². The van der Waals surface area contributed by atoms with Crippen molar-refractivity contribution in [3.63, 3.8) is 0 Å². The highest BCUT2D eigenvalue weighted by Gasteiger charge is 2.21. The van der Waals surface area contributed by atoms with Gasteiger partial charge in [0, 0.05) is 25.3 Å². The second-order valence-electron chi connectivity index (χ2n) is 4.02. The van der Waals surface area contributed by atoms with Crippen molar-refractivity contribution in [2.45, 2.75) is 32.4 Å². The average Bonchev–Trinajstić information content (AvgIpc) is 2.65. The maximum absolute atomic E-state index is 5.98. The van der Waals surface area contributed by atoms with Gasteiger partial charge < -0.3 is 10.6 Å². The Bertz CT molecular complexity index is 354. The van der Waals surface area contributed by atoms with E-state index in [1.54, 1.807) is 6.20 Å². The van der Waals surface area contributed by atoms with Crippen LogP contribution in [0.15, 0.2) is 12.3 Å². The molecule has 1 saturated heterocycles. The summed E-state index contributed by atoms with van der Waals surface area (Å²) in [6, 6.07) is 2.58. The molecular weight excluding hydrogens is 210 g/mol. The summed E-state index contributed by atoms with van der Waals surface area (Å²) < 4.78 is 0. The highest BCUT2D eigenvalue weighted by molar-refractivity contribution is 6.31. The number of rotatable bonds is 2. The van der Waals surface area contributed by atoms with Crippen LogP contribution in [0.1, 0.15) is 25.3 Å². The highest BCUT2D eigenvalue weighted by atomic mass is 35.5. The first-order chi connectivity index (χ1) is 7.22. The van der Waals surface area contributed by atoms with Crippen molar-refractivity contribution in [1.29, 1.82) is 0 Å². The van der Waals surface area contributed by atoms with Crippen LogP contribution in [0.4, 0.5) is 5.82 Å². The first-order valence-corrected chi connectivity index (χ1v) is 5.71. The molecule has 1 aromatic heterocycles. The second kappa shape index (κ2) is 4.37. The topological polar surface area (TPSA) is 42.1 Å². The SMILES string of the molecule is CC1CCCN1c1cc(CN)c(Cl)cn1. The van der Waals surface area contributed by atoms with E-state index in [0.29, 0.717) is 17.6 Å². The van der Waals surface area contributed by atoms with Gasteiger partial charge in [0.1, 0.15) is 5.82 Å². The first kappa shape index (κ1) is 10.7. The monoisotopic (exact) mass is 225 g/mol. The largest absolute Gasteiger partial charge is 0.354 e. The standard InChI is InChI=1S/C11H16ClN3/c1-8-3-2-4-15(8)11-5-9(6-13)10(12)7-14-11/h5,7-8H,2-4,6,13H2,1H3. The van der Waals surface area contributed by atoms with E-state index in [1.165, 1.54) is 12.8 Å². The Morgan fingerprint density at radius 2 is 2.47 bits per heavy atom. The molecule has 0 aliphatic carbocycles. The Labute approximate surface area is 95.2 Å². The number of anilines is 1. The molecule has 2 heterocycles. The van der Waals surface area contributed by atoms with E-state index in [9.17, 15) is 0 Å². The molecule has 1 aromatic rings. The molecule has 1 atom stereocenters. The molecule has 4 heteroatoms. The molecule has 82 valence electrons. The molecule has 1 unspecified atom stereocenters. The zero-order valence-corrected chi connectivity index (χ0v) is 9.67. The Hall–Kier alpha value is -0.800. The smallest absolute Gasteiger partial charge is 0.129 e. The van der Waals surface area contributed by atoms with E-state index in [-0.39, 0.29) is 0 Å². The third-order valence-electron chi connectivity index (χ3n) is 2.99. The van der Waals surface area contributed by atoms with Crippen LogP contribution in [-0.4, -0.2) is 17.6 Å². The molecule has 1 aliphatic heterocycles. The fourth-order valence-corrected chi connectivity index (χ4v) is 2.24. The Balaban J connectivity index is 2.28. The maximum Gasteiger partial charge on any atom is 0.129 e. The predicted octanol–water partition coefficient (Wildman–Crippen LogP) is 2.18. The molecule has 0 spiro atoms. The zero-order valence-electron chi connectivity index (χ0n) is 8.91. The van der Waals surface area contributed by atoms with E-state index in [2.05, 4.69) is 16.8 Å². The van der Waals surface area contributed by atoms with E-state index in [1.807, 2.05) is 6.07 Å². The van der Waals surface area contributed by atoms with Crippen LogP contribution in [0.25, 0.3) is 0 Å². The highest BCUT2D eigenvalue weighted by Crippen LogP contribution is 2.26. The summed E-state index contributed by atoms with van der Waals surface area (Å²) in [7, 11) is 0. The van der Waals surface area contributed by atoms with Crippen molar-refractivity contribution in [3.8, 4) is 0 Å². The maximum atomic E-state index is 5.98. The summed E-state index contributed by atoms with van der Waals surface area (Å²) in [5.74, 6) is 1.00. The molecule has 0 amide bonds. The quantitative estimate of drug-likeness (QED) is 0.839. The lowest BCUT2D eigenvalue weighted by Gasteiger charge is -2.23. The number of pyridine rings is 1. The summed E-state index contributed by atoms with van der Waals surface area (Å²) in [5, 5.41) is 0.660. The van der Waals surface area contributed by atoms with Crippen molar-refractivity contribution in [2.75, 3.05) is 11.4 Å². The number of hydrogen-bond donors (Lipinski definition) is 1. The van der Waals surface area contributed by atoms with Gasteiger partial charge in [-0.15, -0.1) is 0 Å². The molecule has 0 aromatic carbocycles. The van der Waals surface area contributed by atoms with E-state index in [4.69, 9.17) is 17.3 Å². The minimum absolute atomic E-state index is 0.469. The molecule has 15 heavy (non-hydrogen) atoms. The Kier molecular flexibility index (Phi) is 3.12. The molecule has 3 nitrogen and oxygen atoms in total. The number of nitrogens with zero attached hydrogens (tertiary/aromatic N) is 2. The fourth-order valence-electron chi connectivity index (χ4n) is 2.05. The summed E-state index contributed by atoms with van der Waals surface area (Å²) in [6.07, 6.45) is 4.18. The third-order valence-corrected chi connectivity index (χ3v) is 3.33. The van der Waals surface area contributed by atoms with Crippen LogP contribution in [0.3, 0.4) is 0 Å². The molecule has 0 radical (unpaired) electrons. The number of nitrogens with two attached hydrogens (primary N) is 1. The minimum Gasteiger partial charge on any atom is -0.354 e. The van der Waals surface area contributed by atoms with Crippen LogP contribution in [0.5, 0.6) is 0 Å². The Morgan fingerprint density at radius 3 is 3.07 bits per heavy atom. The molecule has 1 aliphatic rings. The lowest BCUT2D eigenvalue weighted by Crippen LogP contribution is -2.27. The van der Waals surface area contributed by atoms with E-state index >= 15 is 0 Å². The summed E-state index contributed by atoms with van der Waals surface area (Å²) in [6.45, 7) is 3.78. The number of hydrogen-bond acceptors (Lipinski definition) is 3. The average molecular weight is 226 g/mol. The van der Waals surface area contributed by atoms with Crippen molar-refractivity contribution < 1.29 is 0 Å². The fraction of sp³-hybridized carbons (Fsp3) is 0.545. The van der Waals surface area contributed by atoms with Crippen LogP contribution in [0, 0.1) is 0 Å². The van der Waals surface area contributed by atoms with Crippen molar-refractivity contribution in [2.24, 2.45) is 5.73 Å². The summed E-state index contributed by atoms with van der Waals surface area (Å²) in [5.41, 5.74) is 6.60. The molecular formula is C11H16ClN3. The van der Waals surface area contributed by atoms with Gasteiger partial charge in [-0.2, -0.15) is 0 Å². The van der Waals surface area contributed by atoms with Crippen LogP contribution in [-0.2, 0) is 6.54 Å². The van der Waals surface area contributed by atoms with Gasteiger partial charge >= 0.3 is 0 Å². The third kappa shape index (κ3) is 2.08. The van der Waals surface area contributed by atoms with Gasteiger partial charge in [-0.3, -0.25) is 0 Å². The van der Waals surface area contributed by atoms with Crippen LogP contribution < -0.4 is 10.6 Å². The van der Waals surface area contributed by atoms with Gasteiger partial charge in [-0.05, 0) is 31.4 Å². The molecule has 0 saturated carbocycles. The van der Waals surface area contributed by atoms with Gasteiger partial charge in [0.15, 0.2) is 0 Å². The minimum atomic E-state index is 0.469. The van der Waals surface area contributed by atoms with Gasteiger partial charge in [0.2, 0.25) is 0 Å². The van der Waals surface area contributed by atoms with Crippen LogP contribution in [0.2, 0.25) is 5.02 Å². The molecule has 1 fully saturated rings.